The molecule has 1 saturated carbocycles. The van der Waals surface area contributed by atoms with E-state index in [9.17, 15) is 0 Å². The van der Waals surface area contributed by atoms with E-state index in [1.54, 1.807) is 6.20 Å². The third-order valence-corrected chi connectivity index (χ3v) is 3.55. The molecule has 2 heterocycles. The van der Waals surface area contributed by atoms with E-state index < -0.39 is 0 Å². The smallest absolute Gasteiger partial charge is 0.225 e. The van der Waals surface area contributed by atoms with Gasteiger partial charge in [0.05, 0.1) is 18.8 Å². The SMILES string of the molecule is Clc1ncc(C2=CCOCC2)c(OC2CCC2)n1. The van der Waals surface area contributed by atoms with Crippen LogP contribution in [0.5, 0.6) is 5.88 Å². The van der Waals surface area contributed by atoms with E-state index in [4.69, 9.17) is 21.1 Å². The van der Waals surface area contributed by atoms with E-state index in [-0.39, 0.29) is 11.4 Å². The second-order valence-corrected chi connectivity index (χ2v) is 4.92. The van der Waals surface area contributed by atoms with E-state index in [1.165, 1.54) is 12.0 Å². The number of halogens is 1. The molecule has 0 bridgehead atoms. The van der Waals surface area contributed by atoms with Crippen molar-refractivity contribution in [3.8, 4) is 5.88 Å². The van der Waals surface area contributed by atoms with Crippen LogP contribution in [-0.2, 0) is 4.74 Å². The van der Waals surface area contributed by atoms with Crippen LogP contribution in [0.15, 0.2) is 12.3 Å². The molecule has 96 valence electrons. The van der Waals surface area contributed by atoms with Crippen LogP contribution < -0.4 is 4.74 Å². The van der Waals surface area contributed by atoms with Gasteiger partial charge < -0.3 is 9.47 Å². The first kappa shape index (κ1) is 11.9. The second-order valence-electron chi connectivity index (χ2n) is 4.58. The Morgan fingerprint density at radius 1 is 1.39 bits per heavy atom. The summed E-state index contributed by atoms with van der Waals surface area (Å²) < 4.78 is 11.2. The summed E-state index contributed by atoms with van der Waals surface area (Å²) >= 11 is 5.85. The number of nitrogens with zero attached hydrogens (tertiary/aromatic N) is 2. The van der Waals surface area contributed by atoms with Crippen molar-refractivity contribution in [3.63, 3.8) is 0 Å². The van der Waals surface area contributed by atoms with Crippen LogP contribution in [0.1, 0.15) is 31.2 Å². The summed E-state index contributed by atoms with van der Waals surface area (Å²) in [7, 11) is 0. The summed E-state index contributed by atoms with van der Waals surface area (Å²) in [6.45, 7) is 1.37. The van der Waals surface area contributed by atoms with Gasteiger partial charge in [-0.2, -0.15) is 4.98 Å². The number of ether oxygens (including phenoxy) is 2. The molecule has 0 atom stereocenters. The molecule has 0 aromatic carbocycles. The first-order chi connectivity index (χ1) is 8.83. The highest BCUT2D eigenvalue weighted by Gasteiger charge is 2.23. The first-order valence-electron chi connectivity index (χ1n) is 6.29. The molecular weight excluding hydrogens is 252 g/mol. The van der Waals surface area contributed by atoms with Crippen LogP contribution in [0.2, 0.25) is 5.28 Å². The molecule has 1 aromatic rings. The summed E-state index contributed by atoms with van der Waals surface area (Å²) in [5, 5.41) is 0.237. The Bertz CT molecular complexity index is 472. The van der Waals surface area contributed by atoms with Crippen molar-refractivity contribution in [3.05, 3.63) is 23.1 Å². The molecule has 0 radical (unpaired) electrons. The van der Waals surface area contributed by atoms with Crippen molar-refractivity contribution >= 4 is 17.2 Å². The molecule has 2 aliphatic rings. The van der Waals surface area contributed by atoms with Crippen LogP contribution >= 0.6 is 11.6 Å². The predicted octanol–water partition coefficient (Wildman–Crippen LogP) is 2.87. The minimum Gasteiger partial charge on any atom is -0.474 e. The van der Waals surface area contributed by atoms with Crippen LogP contribution in [0.25, 0.3) is 5.57 Å². The van der Waals surface area contributed by atoms with E-state index in [0.29, 0.717) is 12.5 Å². The third-order valence-electron chi connectivity index (χ3n) is 3.36. The molecular formula is C13H15ClN2O2. The highest BCUT2D eigenvalue weighted by Crippen LogP contribution is 2.32. The van der Waals surface area contributed by atoms with Gasteiger partial charge in [-0.1, -0.05) is 6.08 Å². The minimum atomic E-state index is 0.237. The van der Waals surface area contributed by atoms with Gasteiger partial charge in [0.25, 0.3) is 0 Å². The molecule has 0 amide bonds. The second kappa shape index (κ2) is 5.24. The molecule has 0 spiro atoms. The number of aromatic nitrogens is 2. The van der Waals surface area contributed by atoms with Crippen LogP contribution in [0, 0.1) is 0 Å². The van der Waals surface area contributed by atoms with E-state index >= 15 is 0 Å². The molecule has 0 unspecified atom stereocenters. The molecule has 0 N–H and O–H groups in total. The van der Waals surface area contributed by atoms with E-state index in [2.05, 4.69) is 16.0 Å². The molecule has 1 aromatic heterocycles. The Hall–Kier alpha value is -1.13. The standard InChI is InChI=1S/C13H15ClN2O2/c14-13-15-8-11(9-4-6-17-7-5-9)12(16-13)18-10-2-1-3-10/h4,8,10H,1-3,5-7H2. The van der Waals surface area contributed by atoms with Gasteiger partial charge in [0.15, 0.2) is 0 Å². The van der Waals surface area contributed by atoms with Crippen LogP contribution in [0.3, 0.4) is 0 Å². The van der Waals surface area contributed by atoms with Crippen molar-refractivity contribution < 1.29 is 9.47 Å². The van der Waals surface area contributed by atoms with Crippen molar-refractivity contribution in [1.82, 2.24) is 9.97 Å². The maximum atomic E-state index is 5.90. The largest absolute Gasteiger partial charge is 0.474 e. The number of hydrogen-bond donors (Lipinski definition) is 0. The van der Waals surface area contributed by atoms with Gasteiger partial charge in [-0.25, -0.2) is 4.98 Å². The fourth-order valence-corrected chi connectivity index (χ4v) is 2.20. The monoisotopic (exact) mass is 266 g/mol. The van der Waals surface area contributed by atoms with E-state index in [1.807, 2.05) is 0 Å². The third kappa shape index (κ3) is 2.49. The lowest BCUT2D eigenvalue weighted by Gasteiger charge is -2.27. The van der Waals surface area contributed by atoms with Gasteiger partial charge in [-0.05, 0) is 42.9 Å². The minimum absolute atomic E-state index is 0.237. The summed E-state index contributed by atoms with van der Waals surface area (Å²) in [6, 6.07) is 0. The lowest BCUT2D eigenvalue weighted by atomic mass is 9.96. The molecule has 5 heteroatoms. The lowest BCUT2D eigenvalue weighted by Crippen LogP contribution is -2.25. The quantitative estimate of drug-likeness (QED) is 0.789. The Morgan fingerprint density at radius 3 is 2.94 bits per heavy atom. The Kier molecular flexibility index (Phi) is 3.48. The van der Waals surface area contributed by atoms with Crippen LogP contribution in [-0.4, -0.2) is 29.3 Å². The van der Waals surface area contributed by atoms with Gasteiger partial charge >= 0.3 is 0 Å². The number of rotatable bonds is 3. The van der Waals surface area contributed by atoms with Crippen molar-refractivity contribution in [2.24, 2.45) is 0 Å². The number of hydrogen-bond acceptors (Lipinski definition) is 4. The highest BCUT2D eigenvalue weighted by molar-refractivity contribution is 6.28. The van der Waals surface area contributed by atoms with Crippen molar-refractivity contribution in [1.29, 1.82) is 0 Å². The fraction of sp³-hybridized carbons (Fsp3) is 0.538. The van der Waals surface area contributed by atoms with Gasteiger partial charge in [-0.3, -0.25) is 0 Å². The zero-order valence-corrected chi connectivity index (χ0v) is 10.8. The predicted molar refractivity (Wildman–Crippen MR) is 68.7 cm³/mol. The van der Waals surface area contributed by atoms with Crippen molar-refractivity contribution in [2.75, 3.05) is 13.2 Å². The summed E-state index contributed by atoms with van der Waals surface area (Å²) in [5.41, 5.74) is 2.14. The average molecular weight is 267 g/mol. The highest BCUT2D eigenvalue weighted by atomic mass is 35.5. The summed E-state index contributed by atoms with van der Waals surface area (Å²) in [5.74, 6) is 0.618. The topological polar surface area (TPSA) is 44.2 Å². The molecule has 18 heavy (non-hydrogen) atoms. The zero-order chi connectivity index (χ0) is 12.4. The maximum Gasteiger partial charge on any atom is 0.225 e. The normalized spacial score (nSPS) is 20.2. The average Bonchev–Trinajstić information content (AvgIpc) is 2.35. The van der Waals surface area contributed by atoms with Crippen molar-refractivity contribution in [2.45, 2.75) is 31.8 Å². The Labute approximate surface area is 111 Å². The van der Waals surface area contributed by atoms with Gasteiger partial charge in [0, 0.05) is 6.20 Å². The Balaban J connectivity index is 1.88. The van der Waals surface area contributed by atoms with Gasteiger partial charge in [-0.15, -0.1) is 0 Å². The van der Waals surface area contributed by atoms with Crippen LogP contribution in [0.4, 0.5) is 0 Å². The fourth-order valence-electron chi connectivity index (χ4n) is 2.07. The van der Waals surface area contributed by atoms with E-state index in [0.717, 1.165) is 31.4 Å². The maximum absolute atomic E-state index is 5.90. The first-order valence-corrected chi connectivity index (χ1v) is 6.67. The molecule has 4 nitrogen and oxygen atoms in total. The Morgan fingerprint density at radius 2 is 2.28 bits per heavy atom. The molecule has 1 fully saturated rings. The lowest BCUT2D eigenvalue weighted by molar-refractivity contribution is 0.114. The molecule has 1 aliphatic heterocycles. The van der Waals surface area contributed by atoms with Gasteiger partial charge in [0.2, 0.25) is 11.2 Å². The summed E-state index contributed by atoms with van der Waals surface area (Å²) in [6.07, 6.45) is 8.40. The zero-order valence-electron chi connectivity index (χ0n) is 10.1. The molecule has 1 aliphatic carbocycles. The summed E-state index contributed by atoms with van der Waals surface area (Å²) in [4.78, 5) is 8.28. The molecule has 3 rings (SSSR count). The molecule has 0 saturated heterocycles. The van der Waals surface area contributed by atoms with Gasteiger partial charge in [0.1, 0.15) is 6.10 Å².